The molecule has 0 radical (unpaired) electrons. The monoisotopic (exact) mass is 241 g/mol. The smallest absolute Gasteiger partial charge is 0.167 e. The van der Waals surface area contributed by atoms with Crippen molar-refractivity contribution < 1.29 is 4.79 Å². The Bertz CT molecular complexity index is 593. The first-order valence-electron chi connectivity index (χ1n) is 5.67. The van der Waals surface area contributed by atoms with E-state index in [1.165, 1.54) is 0 Å². The van der Waals surface area contributed by atoms with Crippen LogP contribution in [0, 0.1) is 6.92 Å². The largest absolute Gasteiger partial charge is 0.398 e. The molecule has 0 aliphatic heterocycles. The molecule has 0 saturated heterocycles. The van der Waals surface area contributed by atoms with Crippen molar-refractivity contribution in [1.29, 1.82) is 0 Å². The number of nitrogens with two attached hydrogens (primary N) is 2. The van der Waals surface area contributed by atoms with Crippen LogP contribution in [0.5, 0.6) is 0 Å². The van der Waals surface area contributed by atoms with Crippen LogP contribution in [0.2, 0.25) is 0 Å². The summed E-state index contributed by atoms with van der Waals surface area (Å²) in [5.74, 6) is 0.395. The summed E-state index contributed by atoms with van der Waals surface area (Å²) in [5.41, 5.74) is 14.3. The zero-order chi connectivity index (χ0) is 13.1. The first-order chi connectivity index (χ1) is 8.59. The number of pyridine rings is 1. The van der Waals surface area contributed by atoms with Crippen molar-refractivity contribution in [2.45, 2.75) is 13.3 Å². The second-order valence-electron chi connectivity index (χ2n) is 4.17. The maximum atomic E-state index is 12.2. The van der Waals surface area contributed by atoms with Crippen LogP contribution in [-0.2, 0) is 6.42 Å². The summed E-state index contributed by atoms with van der Waals surface area (Å²) in [7, 11) is 0. The Morgan fingerprint density at radius 1 is 1.22 bits per heavy atom. The third-order valence-corrected chi connectivity index (χ3v) is 2.95. The quantitative estimate of drug-likeness (QED) is 0.636. The Kier molecular flexibility index (Phi) is 3.28. The molecule has 4 heteroatoms. The van der Waals surface area contributed by atoms with Crippen LogP contribution in [0.1, 0.15) is 21.5 Å². The molecule has 1 aromatic heterocycles. The van der Waals surface area contributed by atoms with Crippen molar-refractivity contribution in [3.05, 3.63) is 53.2 Å². The minimum absolute atomic E-state index is 0.000463. The normalized spacial score (nSPS) is 10.3. The first-order valence-corrected chi connectivity index (χ1v) is 5.67. The minimum atomic E-state index is -0.000463. The summed E-state index contributed by atoms with van der Waals surface area (Å²) in [4.78, 5) is 16.2. The predicted octanol–water partition coefficient (Wildman–Crippen LogP) is 1.98. The van der Waals surface area contributed by atoms with Crippen LogP contribution in [-0.4, -0.2) is 10.8 Å². The van der Waals surface area contributed by atoms with E-state index in [4.69, 9.17) is 11.5 Å². The van der Waals surface area contributed by atoms with Gasteiger partial charge in [-0.25, -0.2) is 4.98 Å². The van der Waals surface area contributed by atoms with Crippen molar-refractivity contribution in [3.63, 3.8) is 0 Å². The fourth-order valence-electron chi connectivity index (χ4n) is 1.82. The number of anilines is 2. The Morgan fingerprint density at radius 2 is 2.00 bits per heavy atom. The van der Waals surface area contributed by atoms with Gasteiger partial charge in [0.1, 0.15) is 5.82 Å². The van der Waals surface area contributed by atoms with Gasteiger partial charge < -0.3 is 11.5 Å². The molecule has 1 heterocycles. The molecule has 2 aromatic rings. The summed E-state index contributed by atoms with van der Waals surface area (Å²) < 4.78 is 0. The molecule has 0 aliphatic rings. The van der Waals surface area contributed by atoms with Crippen molar-refractivity contribution >= 4 is 17.3 Å². The van der Waals surface area contributed by atoms with Crippen molar-refractivity contribution in [1.82, 2.24) is 4.98 Å². The molecule has 1 aromatic carbocycles. The van der Waals surface area contributed by atoms with Gasteiger partial charge in [0.05, 0.1) is 0 Å². The van der Waals surface area contributed by atoms with Crippen LogP contribution in [0.4, 0.5) is 11.5 Å². The average Bonchev–Trinajstić information content (AvgIpc) is 2.35. The fourth-order valence-corrected chi connectivity index (χ4v) is 1.82. The van der Waals surface area contributed by atoms with E-state index in [-0.39, 0.29) is 12.2 Å². The third-order valence-electron chi connectivity index (χ3n) is 2.95. The van der Waals surface area contributed by atoms with Gasteiger partial charge in [-0.3, -0.25) is 4.79 Å². The number of ketones is 1. The Balaban J connectivity index is 2.28. The Labute approximate surface area is 106 Å². The van der Waals surface area contributed by atoms with E-state index in [0.717, 1.165) is 11.1 Å². The molecule has 0 atom stereocenters. The van der Waals surface area contributed by atoms with E-state index in [0.29, 0.717) is 17.1 Å². The summed E-state index contributed by atoms with van der Waals surface area (Å²) in [6.45, 7) is 1.84. The molecule has 0 spiro atoms. The molecule has 0 bridgehead atoms. The van der Waals surface area contributed by atoms with Gasteiger partial charge in [-0.15, -0.1) is 0 Å². The van der Waals surface area contributed by atoms with Crippen LogP contribution in [0.3, 0.4) is 0 Å². The zero-order valence-corrected chi connectivity index (χ0v) is 10.2. The average molecular weight is 241 g/mol. The lowest BCUT2D eigenvalue weighted by Gasteiger charge is -2.08. The molecular weight excluding hydrogens is 226 g/mol. The Morgan fingerprint density at radius 3 is 2.72 bits per heavy atom. The highest BCUT2D eigenvalue weighted by Crippen LogP contribution is 2.18. The number of rotatable bonds is 3. The lowest BCUT2D eigenvalue weighted by molar-refractivity contribution is 0.0992. The third kappa shape index (κ3) is 2.32. The second-order valence-corrected chi connectivity index (χ2v) is 4.17. The molecule has 4 N–H and O–H groups in total. The number of benzene rings is 1. The summed E-state index contributed by atoms with van der Waals surface area (Å²) >= 11 is 0. The fraction of sp³-hybridized carbons (Fsp3) is 0.143. The summed E-state index contributed by atoms with van der Waals surface area (Å²) in [6.07, 6.45) is 1.85. The van der Waals surface area contributed by atoms with Crippen molar-refractivity contribution in [2.75, 3.05) is 11.5 Å². The van der Waals surface area contributed by atoms with E-state index in [1.807, 2.05) is 13.0 Å². The number of hydrogen-bond donors (Lipinski definition) is 2. The minimum Gasteiger partial charge on any atom is -0.398 e. The molecule has 0 aliphatic carbocycles. The number of Topliss-reactive ketones (excluding diaryl/α,β-unsaturated/α-hetero) is 1. The Hall–Kier alpha value is -2.36. The summed E-state index contributed by atoms with van der Waals surface area (Å²) in [5, 5.41) is 0. The number of carbonyl (C=O) groups excluding carboxylic acids is 1. The number of carbonyl (C=O) groups is 1. The highest BCUT2D eigenvalue weighted by molar-refractivity contribution is 6.00. The van der Waals surface area contributed by atoms with E-state index in [1.54, 1.807) is 30.5 Å². The maximum absolute atomic E-state index is 12.2. The van der Waals surface area contributed by atoms with Crippen LogP contribution in [0.15, 0.2) is 36.5 Å². The molecular formula is C14H15N3O. The first kappa shape index (κ1) is 12.1. The molecule has 0 saturated carbocycles. The van der Waals surface area contributed by atoms with Crippen LogP contribution >= 0.6 is 0 Å². The van der Waals surface area contributed by atoms with Gasteiger partial charge >= 0.3 is 0 Å². The van der Waals surface area contributed by atoms with E-state index >= 15 is 0 Å². The van der Waals surface area contributed by atoms with Gasteiger partial charge in [-0.1, -0.05) is 18.2 Å². The molecule has 2 rings (SSSR count). The topological polar surface area (TPSA) is 82.0 Å². The number of aromatic nitrogens is 1. The van der Waals surface area contributed by atoms with E-state index in [2.05, 4.69) is 4.98 Å². The number of nitrogens with zero attached hydrogens (tertiary/aromatic N) is 1. The van der Waals surface area contributed by atoms with Gasteiger partial charge in [0.2, 0.25) is 0 Å². The van der Waals surface area contributed by atoms with Gasteiger partial charge in [0, 0.05) is 29.4 Å². The van der Waals surface area contributed by atoms with Crippen LogP contribution < -0.4 is 11.5 Å². The van der Waals surface area contributed by atoms with Gasteiger partial charge in [-0.05, 0) is 24.6 Å². The van der Waals surface area contributed by atoms with Gasteiger partial charge in [-0.2, -0.15) is 0 Å². The van der Waals surface area contributed by atoms with E-state index < -0.39 is 0 Å². The lowest BCUT2D eigenvalue weighted by atomic mass is 9.98. The van der Waals surface area contributed by atoms with Gasteiger partial charge in [0.25, 0.3) is 0 Å². The molecule has 0 amide bonds. The number of nitrogen functional groups attached to an aromatic ring is 2. The SMILES string of the molecule is Cc1c(N)cccc1C(=O)Cc1cccnc1N. The molecule has 0 fully saturated rings. The molecule has 4 nitrogen and oxygen atoms in total. The summed E-state index contributed by atoms with van der Waals surface area (Å²) in [6, 6.07) is 8.92. The zero-order valence-electron chi connectivity index (χ0n) is 10.2. The number of hydrogen-bond acceptors (Lipinski definition) is 4. The van der Waals surface area contributed by atoms with E-state index in [9.17, 15) is 4.79 Å². The second kappa shape index (κ2) is 4.87. The highest BCUT2D eigenvalue weighted by atomic mass is 16.1. The standard InChI is InChI=1S/C14H15N3O/c1-9-11(5-2-6-12(9)15)13(18)8-10-4-3-7-17-14(10)16/h2-7H,8,15H2,1H3,(H2,16,17). The predicted molar refractivity (Wildman–Crippen MR) is 72.3 cm³/mol. The van der Waals surface area contributed by atoms with Crippen LogP contribution in [0.25, 0.3) is 0 Å². The van der Waals surface area contributed by atoms with Crippen molar-refractivity contribution in [3.8, 4) is 0 Å². The molecule has 0 unspecified atom stereocenters. The van der Waals surface area contributed by atoms with Crippen molar-refractivity contribution in [2.24, 2.45) is 0 Å². The van der Waals surface area contributed by atoms with Gasteiger partial charge in [0.15, 0.2) is 5.78 Å². The molecule has 92 valence electrons. The lowest BCUT2D eigenvalue weighted by Crippen LogP contribution is -2.09. The molecule has 18 heavy (non-hydrogen) atoms. The maximum Gasteiger partial charge on any atom is 0.167 e. The highest BCUT2D eigenvalue weighted by Gasteiger charge is 2.12.